The smallest absolute Gasteiger partial charge is 0.241 e. The lowest BCUT2D eigenvalue weighted by atomic mass is 10.2. The van der Waals surface area contributed by atoms with Gasteiger partial charge in [-0.05, 0) is 43.7 Å². The quantitative estimate of drug-likeness (QED) is 0.320. The molecule has 1 amide bonds. The Morgan fingerprint density at radius 1 is 0.903 bits per heavy atom. The lowest BCUT2D eigenvalue weighted by Gasteiger charge is -2.20. The number of carbonyl (C=O) groups excluding carboxylic acids is 1. The lowest BCUT2D eigenvalue weighted by Crippen LogP contribution is -2.21. The minimum atomic E-state index is -0.0992. The molecule has 0 saturated heterocycles. The number of amides is 1. The molecule has 5 heteroatoms. The highest BCUT2D eigenvalue weighted by atomic mass is 16.2. The first-order valence-corrected chi connectivity index (χ1v) is 10.8. The van der Waals surface area contributed by atoms with E-state index in [9.17, 15) is 4.79 Å². The van der Waals surface area contributed by atoms with Gasteiger partial charge in [-0.15, -0.1) is 0 Å². The monoisotopic (exact) mass is 412 g/mol. The van der Waals surface area contributed by atoms with Crippen LogP contribution in [0.4, 0.5) is 5.69 Å². The summed E-state index contributed by atoms with van der Waals surface area (Å²) in [4.78, 5) is 14.7. The van der Waals surface area contributed by atoms with E-state index >= 15 is 0 Å². The van der Waals surface area contributed by atoms with Crippen molar-refractivity contribution in [2.24, 2.45) is 5.10 Å². The summed E-state index contributed by atoms with van der Waals surface area (Å²) in [7, 11) is 0. The second-order valence-corrected chi connectivity index (χ2v) is 7.49. The molecule has 0 radical (unpaired) electrons. The molecule has 4 aromatic rings. The summed E-state index contributed by atoms with van der Waals surface area (Å²) in [5, 5.41) is 6.56. The molecule has 0 saturated carbocycles. The van der Waals surface area contributed by atoms with Gasteiger partial charge in [-0.3, -0.25) is 4.79 Å². The van der Waals surface area contributed by atoms with Gasteiger partial charge in [-0.25, -0.2) is 5.43 Å². The zero-order chi connectivity index (χ0) is 21.6. The molecular weight excluding hydrogens is 384 g/mol. The number of para-hydroxylation sites is 2. The van der Waals surface area contributed by atoms with E-state index in [1.54, 1.807) is 6.21 Å². The van der Waals surface area contributed by atoms with Crippen molar-refractivity contribution in [1.82, 2.24) is 9.99 Å². The minimum Gasteiger partial charge on any atom is -0.372 e. The summed E-state index contributed by atoms with van der Waals surface area (Å²) in [6.45, 7) is 6.85. The Bertz CT molecular complexity index is 1150. The molecule has 0 aliphatic heterocycles. The molecule has 5 nitrogen and oxygen atoms in total. The van der Waals surface area contributed by atoms with Crippen molar-refractivity contribution >= 4 is 39.6 Å². The summed E-state index contributed by atoms with van der Waals surface area (Å²) in [6, 6.07) is 24.8. The number of hydrogen-bond acceptors (Lipinski definition) is 3. The van der Waals surface area contributed by atoms with Crippen LogP contribution in [0.15, 0.2) is 77.9 Å². The molecule has 1 heterocycles. The van der Waals surface area contributed by atoms with Crippen LogP contribution in [-0.2, 0) is 11.3 Å². The maximum atomic E-state index is 12.4. The number of hydrazone groups is 1. The van der Waals surface area contributed by atoms with Crippen molar-refractivity contribution in [3.05, 3.63) is 78.4 Å². The normalized spacial score (nSPS) is 11.4. The number of carbonyl (C=O) groups is 1. The molecule has 0 atom stereocenters. The Morgan fingerprint density at radius 2 is 1.48 bits per heavy atom. The van der Waals surface area contributed by atoms with E-state index in [1.807, 2.05) is 24.3 Å². The fraction of sp³-hybridized carbons (Fsp3) is 0.231. The number of aryl methyl sites for hydroxylation is 1. The van der Waals surface area contributed by atoms with Gasteiger partial charge < -0.3 is 9.47 Å². The second kappa shape index (κ2) is 9.47. The van der Waals surface area contributed by atoms with Crippen molar-refractivity contribution in [2.45, 2.75) is 26.8 Å². The van der Waals surface area contributed by atoms with Crippen LogP contribution in [-0.4, -0.2) is 29.8 Å². The summed E-state index contributed by atoms with van der Waals surface area (Å²) in [6.07, 6.45) is 2.05. The maximum absolute atomic E-state index is 12.4. The van der Waals surface area contributed by atoms with Crippen LogP contribution >= 0.6 is 0 Å². The molecule has 3 aromatic carbocycles. The molecule has 0 aliphatic rings. The fourth-order valence-corrected chi connectivity index (χ4v) is 4.05. The summed E-state index contributed by atoms with van der Waals surface area (Å²) >= 11 is 0. The molecule has 0 aliphatic carbocycles. The third kappa shape index (κ3) is 4.45. The molecule has 1 N–H and O–H groups in total. The topological polar surface area (TPSA) is 49.6 Å². The minimum absolute atomic E-state index is 0.0992. The summed E-state index contributed by atoms with van der Waals surface area (Å²) < 4.78 is 2.21. The van der Waals surface area contributed by atoms with Crippen LogP contribution in [0.3, 0.4) is 0 Å². The van der Waals surface area contributed by atoms with E-state index in [2.05, 4.69) is 82.4 Å². The Morgan fingerprint density at radius 3 is 2.06 bits per heavy atom. The Balaban J connectivity index is 1.39. The molecule has 4 rings (SSSR count). The Kier molecular flexibility index (Phi) is 6.32. The third-order valence-electron chi connectivity index (χ3n) is 5.67. The fourth-order valence-electron chi connectivity index (χ4n) is 4.05. The van der Waals surface area contributed by atoms with Crippen molar-refractivity contribution in [1.29, 1.82) is 0 Å². The number of nitrogens with one attached hydrogen (secondary N) is 1. The molecule has 0 bridgehead atoms. The van der Waals surface area contributed by atoms with Crippen molar-refractivity contribution in [3.8, 4) is 0 Å². The van der Waals surface area contributed by atoms with Gasteiger partial charge in [-0.1, -0.05) is 48.5 Å². The molecule has 0 fully saturated rings. The van der Waals surface area contributed by atoms with E-state index in [0.29, 0.717) is 13.0 Å². The van der Waals surface area contributed by atoms with Gasteiger partial charge in [0.25, 0.3) is 0 Å². The molecule has 158 valence electrons. The van der Waals surface area contributed by atoms with Crippen molar-refractivity contribution in [2.75, 3.05) is 18.0 Å². The third-order valence-corrected chi connectivity index (χ3v) is 5.67. The maximum Gasteiger partial charge on any atom is 0.241 e. The summed E-state index contributed by atoms with van der Waals surface area (Å²) in [5.74, 6) is -0.0992. The average Bonchev–Trinajstić information content (AvgIpc) is 3.13. The highest BCUT2D eigenvalue weighted by molar-refractivity contribution is 6.08. The standard InChI is InChI=1S/C26H28N4O/c1-3-29(4-2)21-15-13-20(14-16-21)19-27-28-26(31)17-18-30-24-11-7-5-9-22(24)23-10-6-8-12-25(23)30/h5-16,19H,3-4,17-18H2,1-2H3,(H,28,31)/b27-19+. The number of fused-ring (bicyclic) bond motifs is 3. The van der Waals surface area contributed by atoms with Crippen LogP contribution in [0.2, 0.25) is 0 Å². The average molecular weight is 413 g/mol. The first-order chi connectivity index (χ1) is 15.2. The second-order valence-electron chi connectivity index (χ2n) is 7.49. The molecule has 1 aromatic heterocycles. The van der Waals surface area contributed by atoms with E-state index in [-0.39, 0.29) is 5.91 Å². The van der Waals surface area contributed by atoms with Crippen LogP contribution in [0.1, 0.15) is 25.8 Å². The summed E-state index contributed by atoms with van der Waals surface area (Å²) in [5.41, 5.74) is 7.10. The van der Waals surface area contributed by atoms with Crippen molar-refractivity contribution in [3.63, 3.8) is 0 Å². The van der Waals surface area contributed by atoms with Crippen LogP contribution in [0.25, 0.3) is 21.8 Å². The predicted octanol–water partition coefficient (Wildman–Crippen LogP) is 5.18. The molecule has 0 unspecified atom stereocenters. The van der Waals surface area contributed by atoms with E-state index in [4.69, 9.17) is 0 Å². The highest BCUT2D eigenvalue weighted by Crippen LogP contribution is 2.28. The number of hydrogen-bond donors (Lipinski definition) is 1. The molecular formula is C26H28N4O. The first-order valence-electron chi connectivity index (χ1n) is 10.8. The highest BCUT2D eigenvalue weighted by Gasteiger charge is 2.10. The van der Waals surface area contributed by atoms with Crippen LogP contribution in [0.5, 0.6) is 0 Å². The number of aromatic nitrogens is 1. The van der Waals surface area contributed by atoms with Gasteiger partial charge in [0.15, 0.2) is 0 Å². The van der Waals surface area contributed by atoms with Gasteiger partial charge in [0.2, 0.25) is 5.91 Å². The van der Waals surface area contributed by atoms with E-state index in [1.165, 1.54) is 16.5 Å². The Labute approximate surface area is 183 Å². The van der Waals surface area contributed by atoms with Gasteiger partial charge in [0.05, 0.1) is 6.21 Å². The first kappa shape index (κ1) is 20.7. The van der Waals surface area contributed by atoms with Gasteiger partial charge in [0, 0.05) is 53.5 Å². The van der Waals surface area contributed by atoms with Crippen LogP contribution < -0.4 is 10.3 Å². The zero-order valence-electron chi connectivity index (χ0n) is 18.1. The zero-order valence-corrected chi connectivity index (χ0v) is 18.1. The molecule has 0 spiro atoms. The Hall–Kier alpha value is -3.60. The number of rotatable bonds is 8. The molecule has 31 heavy (non-hydrogen) atoms. The van der Waals surface area contributed by atoms with Gasteiger partial charge >= 0.3 is 0 Å². The number of nitrogens with zero attached hydrogens (tertiary/aromatic N) is 3. The SMILES string of the molecule is CCN(CC)c1ccc(/C=N/NC(=O)CCn2c3ccccc3c3ccccc32)cc1. The number of anilines is 1. The number of benzene rings is 3. The largest absolute Gasteiger partial charge is 0.372 e. The van der Waals surface area contributed by atoms with E-state index in [0.717, 1.165) is 29.7 Å². The lowest BCUT2D eigenvalue weighted by molar-refractivity contribution is -0.121. The van der Waals surface area contributed by atoms with Gasteiger partial charge in [-0.2, -0.15) is 5.10 Å². The van der Waals surface area contributed by atoms with Crippen LogP contribution in [0, 0.1) is 0 Å². The van der Waals surface area contributed by atoms with Crippen molar-refractivity contribution < 1.29 is 4.79 Å². The predicted molar refractivity (Wildman–Crippen MR) is 130 cm³/mol. The van der Waals surface area contributed by atoms with Gasteiger partial charge in [0.1, 0.15) is 0 Å². The van der Waals surface area contributed by atoms with E-state index < -0.39 is 0 Å².